The molecule has 1 aliphatic rings. The molecule has 34 heavy (non-hydrogen) atoms. The smallest absolute Gasteiger partial charge is 0.164 e. The van der Waals surface area contributed by atoms with E-state index in [1.165, 1.54) is 67.9 Å². The molecular weight excluding hydrogens is 418 g/mol. The van der Waals surface area contributed by atoms with Crippen molar-refractivity contribution >= 4 is 11.0 Å². The minimum absolute atomic E-state index is 0.874. The third-order valence-electron chi connectivity index (χ3n) is 7.17. The topological polar surface area (TPSA) is 39.9 Å². The Morgan fingerprint density at radius 2 is 1.35 bits per heavy atom. The molecule has 2 heterocycles. The first-order chi connectivity index (χ1) is 16.8. The highest BCUT2D eigenvalue weighted by Crippen LogP contribution is 2.36. The molecule has 1 aliphatic carbocycles. The van der Waals surface area contributed by atoms with Crippen LogP contribution in [0.4, 0.5) is 0 Å². The Morgan fingerprint density at radius 3 is 2.00 bits per heavy atom. The van der Waals surface area contributed by atoms with Crippen LogP contribution in [0.1, 0.15) is 68.2 Å². The number of benzene rings is 2. The first kappa shape index (κ1) is 22.6. The van der Waals surface area contributed by atoms with Crippen LogP contribution in [-0.4, -0.2) is 21.9 Å². The summed E-state index contributed by atoms with van der Waals surface area (Å²) in [5.41, 5.74) is 8.27. The number of para-hydroxylation sites is 1. The van der Waals surface area contributed by atoms with Crippen LogP contribution >= 0.6 is 0 Å². The predicted molar refractivity (Wildman–Crippen MR) is 140 cm³/mol. The maximum atomic E-state index is 5.43. The summed E-state index contributed by atoms with van der Waals surface area (Å²) in [6, 6.07) is 18.8. The summed E-state index contributed by atoms with van der Waals surface area (Å²) in [5, 5.41) is 6.25. The van der Waals surface area contributed by atoms with Gasteiger partial charge in [0.2, 0.25) is 0 Å². The SMILES string of the molecule is COc1ccc(-c2nc3c(c(C)nn3-c3ccccc3)c3c2CCCCCCCCCC3)cc1. The van der Waals surface area contributed by atoms with Crippen molar-refractivity contribution in [2.75, 3.05) is 7.11 Å². The van der Waals surface area contributed by atoms with Gasteiger partial charge in [-0.15, -0.1) is 0 Å². The Labute approximate surface area is 203 Å². The summed E-state index contributed by atoms with van der Waals surface area (Å²) >= 11 is 0. The lowest BCUT2D eigenvalue weighted by Crippen LogP contribution is -2.05. The van der Waals surface area contributed by atoms with Gasteiger partial charge in [0.25, 0.3) is 0 Å². The number of methoxy groups -OCH3 is 1. The Morgan fingerprint density at radius 1 is 0.735 bits per heavy atom. The molecule has 176 valence electrons. The molecule has 0 saturated carbocycles. The van der Waals surface area contributed by atoms with Crippen LogP contribution in [0.25, 0.3) is 28.0 Å². The van der Waals surface area contributed by atoms with E-state index in [9.17, 15) is 0 Å². The predicted octanol–water partition coefficient (Wildman–Crippen LogP) is 7.62. The molecule has 5 rings (SSSR count). The molecule has 4 aromatic rings. The lowest BCUT2D eigenvalue weighted by atomic mass is 9.90. The number of pyridine rings is 1. The Bertz CT molecular complexity index is 1240. The second-order valence-corrected chi connectivity index (χ2v) is 9.51. The highest BCUT2D eigenvalue weighted by molar-refractivity contribution is 5.88. The van der Waals surface area contributed by atoms with E-state index < -0.39 is 0 Å². The van der Waals surface area contributed by atoms with E-state index in [0.717, 1.165) is 46.9 Å². The number of hydrogen-bond donors (Lipinski definition) is 0. The van der Waals surface area contributed by atoms with Crippen LogP contribution in [0.3, 0.4) is 0 Å². The summed E-state index contributed by atoms with van der Waals surface area (Å²) in [4.78, 5) is 5.34. The van der Waals surface area contributed by atoms with Crippen LogP contribution in [0.2, 0.25) is 0 Å². The fraction of sp³-hybridized carbons (Fsp3) is 0.400. The molecule has 0 amide bonds. The van der Waals surface area contributed by atoms with E-state index in [1.54, 1.807) is 7.11 Å². The monoisotopic (exact) mass is 453 g/mol. The summed E-state index contributed by atoms with van der Waals surface area (Å²) in [7, 11) is 1.72. The normalized spacial score (nSPS) is 15.4. The molecule has 0 radical (unpaired) electrons. The lowest BCUT2D eigenvalue weighted by molar-refractivity contribution is 0.415. The van der Waals surface area contributed by atoms with Gasteiger partial charge >= 0.3 is 0 Å². The van der Waals surface area contributed by atoms with Crippen LogP contribution in [0.15, 0.2) is 54.6 Å². The maximum Gasteiger partial charge on any atom is 0.164 e. The molecule has 4 heteroatoms. The minimum Gasteiger partial charge on any atom is -0.497 e. The third-order valence-corrected chi connectivity index (χ3v) is 7.17. The zero-order valence-electron chi connectivity index (χ0n) is 20.5. The average molecular weight is 454 g/mol. The van der Waals surface area contributed by atoms with Gasteiger partial charge in [0, 0.05) is 10.9 Å². The minimum atomic E-state index is 0.874. The summed E-state index contributed by atoms with van der Waals surface area (Å²) in [5.74, 6) is 0.874. The van der Waals surface area contributed by atoms with Crippen molar-refractivity contribution in [1.82, 2.24) is 14.8 Å². The van der Waals surface area contributed by atoms with Gasteiger partial charge in [-0.3, -0.25) is 0 Å². The molecule has 0 unspecified atom stereocenters. The van der Waals surface area contributed by atoms with E-state index in [2.05, 4.69) is 43.3 Å². The molecule has 0 aliphatic heterocycles. The van der Waals surface area contributed by atoms with Crippen LogP contribution < -0.4 is 4.74 Å². The van der Waals surface area contributed by atoms with Gasteiger partial charge in [-0.2, -0.15) is 5.10 Å². The zero-order chi connectivity index (χ0) is 23.3. The number of aryl methyl sites for hydroxylation is 2. The Kier molecular flexibility index (Phi) is 6.94. The van der Waals surface area contributed by atoms with E-state index in [-0.39, 0.29) is 0 Å². The Hall–Kier alpha value is -3.14. The number of nitrogens with zero attached hydrogens (tertiary/aromatic N) is 3. The third kappa shape index (κ3) is 4.59. The van der Waals surface area contributed by atoms with Crippen molar-refractivity contribution in [3.63, 3.8) is 0 Å². The standard InChI is InChI=1S/C30H35N3O/c1-22-28-26-16-12-7-5-3-4-6-8-13-17-27(26)29(23-18-20-25(34-2)21-19-23)31-30(28)33(32-22)24-14-10-9-11-15-24/h9-11,14-15,18-21H,3-8,12-13,16-17H2,1-2H3. The quantitative estimate of drug-likeness (QED) is 0.320. The average Bonchev–Trinajstić information content (AvgIpc) is 3.20. The number of hydrogen-bond acceptors (Lipinski definition) is 3. The number of rotatable bonds is 3. The van der Waals surface area contributed by atoms with Gasteiger partial charge in [-0.1, -0.05) is 56.7 Å². The maximum absolute atomic E-state index is 5.43. The molecule has 0 N–H and O–H groups in total. The highest BCUT2D eigenvalue weighted by atomic mass is 16.5. The fourth-order valence-corrected chi connectivity index (χ4v) is 5.39. The van der Waals surface area contributed by atoms with E-state index in [1.807, 2.05) is 22.9 Å². The van der Waals surface area contributed by atoms with Crippen molar-refractivity contribution in [3.8, 4) is 22.7 Å². The van der Waals surface area contributed by atoms with E-state index in [0.29, 0.717) is 0 Å². The summed E-state index contributed by atoms with van der Waals surface area (Å²) < 4.78 is 7.46. The second-order valence-electron chi connectivity index (χ2n) is 9.51. The van der Waals surface area contributed by atoms with E-state index in [4.69, 9.17) is 14.8 Å². The van der Waals surface area contributed by atoms with Crippen molar-refractivity contribution in [3.05, 3.63) is 71.4 Å². The largest absolute Gasteiger partial charge is 0.497 e. The second kappa shape index (κ2) is 10.4. The van der Waals surface area contributed by atoms with Crippen LogP contribution in [0, 0.1) is 6.92 Å². The van der Waals surface area contributed by atoms with Crippen molar-refractivity contribution in [2.45, 2.75) is 71.1 Å². The molecule has 2 aromatic heterocycles. The first-order valence-electron chi connectivity index (χ1n) is 12.9. The fourth-order valence-electron chi connectivity index (χ4n) is 5.39. The van der Waals surface area contributed by atoms with Gasteiger partial charge in [-0.25, -0.2) is 9.67 Å². The number of ether oxygens (including phenoxy) is 1. The van der Waals surface area contributed by atoms with E-state index >= 15 is 0 Å². The molecule has 4 nitrogen and oxygen atoms in total. The Balaban J connectivity index is 1.74. The van der Waals surface area contributed by atoms with Gasteiger partial charge in [-0.05, 0) is 80.1 Å². The molecule has 0 bridgehead atoms. The first-order valence-corrected chi connectivity index (χ1v) is 12.9. The number of fused-ring (bicyclic) bond motifs is 3. The molecule has 0 saturated heterocycles. The molecular formula is C30H35N3O. The van der Waals surface area contributed by atoms with Gasteiger partial charge in [0.15, 0.2) is 5.65 Å². The molecule has 0 spiro atoms. The summed E-state index contributed by atoms with van der Waals surface area (Å²) in [6.07, 6.45) is 12.6. The molecule has 0 atom stereocenters. The van der Waals surface area contributed by atoms with Gasteiger partial charge in [0.05, 0.1) is 24.2 Å². The van der Waals surface area contributed by atoms with Crippen LogP contribution in [-0.2, 0) is 12.8 Å². The lowest BCUT2D eigenvalue weighted by Gasteiger charge is -2.18. The summed E-state index contributed by atoms with van der Waals surface area (Å²) in [6.45, 7) is 2.15. The highest BCUT2D eigenvalue weighted by Gasteiger charge is 2.22. The van der Waals surface area contributed by atoms with Gasteiger partial charge < -0.3 is 4.74 Å². The number of aromatic nitrogens is 3. The molecule has 0 fully saturated rings. The zero-order valence-corrected chi connectivity index (χ0v) is 20.5. The molecule has 2 aromatic carbocycles. The van der Waals surface area contributed by atoms with Crippen molar-refractivity contribution < 1.29 is 4.74 Å². The van der Waals surface area contributed by atoms with Crippen molar-refractivity contribution in [2.24, 2.45) is 0 Å². The van der Waals surface area contributed by atoms with Gasteiger partial charge in [0.1, 0.15) is 5.75 Å². The van der Waals surface area contributed by atoms with Crippen LogP contribution in [0.5, 0.6) is 5.75 Å². The van der Waals surface area contributed by atoms with Crippen molar-refractivity contribution in [1.29, 1.82) is 0 Å².